The number of phenolic OH excluding ortho intramolecular Hbond substituents is 1. The molecule has 0 amide bonds. The van der Waals surface area contributed by atoms with Crippen molar-refractivity contribution in [3.05, 3.63) is 48.4 Å². The molecule has 0 atom stereocenters. The third-order valence-corrected chi connectivity index (χ3v) is 1.77. The van der Waals surface area contributed by atoms with E-state index in [1.807, 2.05) is 0 Å². The van der Waals surface area contributed by atoms with Gasteiger partial charge in [0.05, 0.1) is 0 Å². The van der Waals surface area contributed by atoms with E-state index in [0.29, 0.717) is 0 Å². The number of benzene rings is 1. The SMILES string of the molecule is Oc1ccccc1Oc1cccc(F)n1. The predicted octanol–water partition coefficient (Wildman–Crippen LogP) is 2.72. The fourth-order valence-electron chi connectivity index (χ4n) is 1.10. The Balaban J connectivity index is 2.26. The zero-order valence-electron chi connectivity index (χ0n) is 7.72. The van der Waals surface area contributed by atoms with Crippen LogP contribution < -0.4 is 4.74 Å². The first-order chi connectivity index (χ1) is 7.25. The average molecular weight is 205 g/mol. The van der Waals surface area contributed by atoms with Gasteiger partial charge in [0.25, 0.3) is 0 Å². The summed E-state index contributed by atoms with van der Waals surface area (Å²) in [6, 6.07) is 10.6. The van der Waals surface area contributed by atoms with E-state index in [1.165, 1.54) is 24.3 Å². The highest BCUT2D eigenvalue weighted by Gasteiger charge is 2.03. The van der Waals surface area contributed by atoms with Gasteiger partial charge in [-0.05, 0) is 18.2 Å². The molecule has 4 heteroatoms. The smallest absolute Gasteiger partial charge is 0.222 e. The first-order valence-electron chi connectivity index (χ1n) is 4.34. The fraction of sp³-hybridized carbons (Fsp3) is 0. The minimum Gasteiger partial charge on any atom is -0.504 e. The predicted molar refractivity (Wildman–Crippen MR) is 52.4 cm³/mol. The van der Waals surface area contributed by atoms with Gasteiger partial charge in [0.2, 0.25) is 11.8 Å². The fourth-order valence-corrected chi connectivity index (χ4v) is 1.10. The van der Waals surface area contributed by atoms with Crippen LogP contribution in [0.2, 0.25) is 0 Å². The molecule has 0 spiro atoms. The summed E-state index contributed by atoms with van der Waals surface area (Å²) in [5, 5.41) is 9.39. The van der Waals surface area contributed by atoms with Crippen molar-refractivity contribution in [3.63, 3.8) is 0 Å². The summed E-state index contributed by atoms with van der Waals surface area (Å²) in [4.78, 5) is 3.51. The minimum absolute atomic E-state index is 0.0106. The molecule has 15 heavy (non-hydrogen) atoms. The number of halogens is 1. The van der Waals surface area contributed by atoms with Crippen molar-refractivity contribution < 1.29 is 14.2 Å². The van der Waals surface area contributed by atoms with Gasteiger partial charge >= 0.3 is 0 Å². The zero-order chi connectivity index (χ0) is 10.7. The number of hydrogen-bond donors (Lipinski definition) is 1. The van der Waals surface area contributed by atoms with Gasteiger partial charge < -0.3 is 9.84 Å². The van der Waals surface area contributed by atoms with Gasteiger partial charge in [0, 0.05) is 6.07 Å². The van der Waals surface area contributed by atoms with Crippen LogP contribution in [0.5, 0.6) is 17.4 Å². The lowest BCUT2D eigenvalue weighted by atomic mass is 10.3. The maximum Gasteiger partial charge on any atom is 0.222 e. The highest BCUT2D eigenvalue weighted by atomic mass is 19.1. The molecule has 0 bridgehead atoms. The number of hydrogen-bond acceptors (Lipinski definition) is 3. The molecule has 1 aromatic carbocycles. The molecule has 0 saturated heterocycles. The van der Waals surface area contributed by atoms with E-state index in [9.17, 15) is 9.50 Å². The number of aromatic hydroxyl groups is 1. The van der Waals surface area contributed by atoms with Gasteiger partial charge in [-0.15, -0.1) is 0 Å². The Morgan fingerprint density at radius 1 is 1.07 bits per heavy atom. The Kier molecular flexibility index (Phi) is 2.49. The van der Waals surface area contributed by atoms with Crippen molar-refractivity contribution in [1.29, 1.82) is 0 Å². The topological polar surface area (TPSA) is 42.4 Å². The summed E-state index contributed by atoms with van der Waals surface area (Å²) in [7, 11) is 0. The molecule has 1 aromatic heterocycles. The second-order valence-electron chi connectivity index (χ2n) is 2.87. The van der Waals surface area contributed by atoms with E-state index in [2.05, 4.69) is 4.98 Å². The van der Waals surface area contributed by atoms with Crippen LogP contribution in [0.4, 0.5) is 4.39 Å². The van der Waals surface area contributed by atoms with Crippen LogP contribution in [0.1, 0.15) is 0 Å². The number of rotatable bonds is 2. The third kappa shape index (κ3) is 2.22. The van der Waals surface area contributed by atoms with Gasteiger partial charge in [0.1, 0.15) is 0 Å². The first kappa shape index (κ1) is 9.45. The molecule has 76 valence electrons. The molecule has 0 unspecified atom stereocenters. The van der Waals surface area contributed by atoms with Crippen LogP contribution in [0.25, 0.3) is 0 Å². The maximum atomic E-state index is 12.7. The molecule has 0 aliphatic rings. The van der Waals surface area contributed by atoms with Gasteiger partial charge in [-0.3, -0.25) is 0 Å². The summed E-state index contributed by atoms with van der Waals surface area (Å²) in [6.07, 6.45) is 0. The van der Waals surface area contributed by atoms with Crippen molar-refractivity contribution in [2.24, 2.45) is 0 Å². The highest BCUT2D eigenvalue weighted by Crippen LogP contribution is 2.28. The lowest BCUT2D eigenvalue weighted by Crippen LogP contribution is -1.89. The zero-order valence-corrected chi connectivity index (χ0v) is 7.72. The largest absolute Gasteiger partial charge is 0.504 e. The molecular formula is C11H8FNO2. The van der Waals surface area contributed by atoms with Crippen molar-refractivity contribution >= 4 is 0 Å². The Labute approximate surface area is 85.8 Å². The number of ether oxygens (including phenoxy) is 1. The van der Waals surface area contributed by atoms with Crippen LogP contribution >= 0.6 is 0 Å². The Morgan fingerprint density at radius 2 is 1.87 bits per heavy atom. The summed E-state index contributed by atoms with van der Waals surface area (Å²) < 4.78 is 17.9. The van der Waals surface area contributed by atoms with Crippen molar-refractivity contribution in [1.82, 2.24) is 4.98 Å². The number of phenols is 1. The third-order valence-electron chi connectivity index (χ3n) is 1.77. The van der Waals surface area contributed by atoms with E-state index in [1.54, 1.807) is 18.2 Å². The molecule has 0 saturated carbocycles. The number of aromatic nitrogens is 1. The summed E-state index contributed by atoms with van der Waals surface area (Å²) in [5.74, 6) is -0.279. The Morgan fingerprint density at radius 3 is 2.60 bits per heavy atom. The van der Waals surface area contributed by atoms with E-state index in [0.717, 1.165) is 0 Å². The number of nitrogens with zero attached hydrogens (tertiary/aromatic N) is 1. The van der Waals surface area contributed by atoms with Crippen molar-refractivity contribution in [3.8, 4) is 17.4 Å². The second-order valence-corrected chi connectivity index (χ2v) is 2.87. The van der Waals surface area contributed by atoms with Gasteiger partial charge in [-0.1, -0.05) is 18.2 Å². The molecule has 1 heterocycles. The molecule has 2 aromatic rings. The standard InChI is InChI=1S/C11H8FNO2/c12-10-6-3-7-11(13-10)15-9-5-2-1-4-8(9)14/h1-7,14H. The van der Waals surface area contributed by atoms with Gasteiger partial charge in [-0.2, -0.15) is 9.37 Å². The van der Waals surface area contributed by atoms with Crippen LogP contribution in [0.3, 0.4) is 0 Å². The van der Waals surface area contributed by atoms with Crippen LogP contribution in [-0.4, -0.2) is 10.1 Å². The van der Waals surface area contributed by atoms with Gasteiger partial charge in [-0.25, -0.2) is 0 Å². The average Bonchev–Trinajstić information content (AvgIpc) is 2.22. The maximum absolute atomic E-state index is 12.7. The van der Waals surface area contributed by atoms with Crippen molar-refractivity contribution in [2.75, 3.05) is 0 Å². The van der Waals surface area contributed by atoms with E-state index >= 15 is 0 Å². The molecule has 0 aliphatic heterocycles. The monoisotopic (exact) mass is 205 g/mol. The quantitative estimate of drug-likeness (QED) is 0.766. The summed E-state index contributed by atoms with van der Waals surface area (Å²) in [5.41, 5.74) is 0. The van der Waals surface area contributed by atoms with Crippen LogP contribution in [0.15, 0.2) is 42.5 Å². The van der Waals surface area contributed by atoms with Crippen LogP contribution in [-0.2, 0) is 0 Å². The lowest BCUT2D eigenvalue weighted by Gasteiger charge is -2.05. The first-order valence-corrected chi connectivity index (χ1v) is 4.34. The number of para-hydroxylation sites is 2. The molecule has 2 rings (SSSR count). The molecule has 0 radical (unpaired) electrons. The lowest BCUT2D eigenvalue weighted by molar-refractivity contribution is 0.396. The molecule has 0 fully saturated rings. The minimum atomic E-state index is -0.622. The Hall–Kier alpha value is -2.10. The van der Waals surface area contributed by atoms with Crippen molar-refractivity contribution in [2.45, 2.75) is 0 Å². The van der Waals surface area contributed by atoms with E-state index < -0.39 is 5.95 Å². The molecule has 1 N–H and O–H groups in total. The van der Waals surface area contributed by atoms with Crippen LogP contribution in [0, 0.1) is 5.95 Å². The van der Waals surface area contributed by atoms with E-state index in [4.69, 9.17) is 4.74 Å². The molecule has 3 nitrogen and oxygen atoms in total. The normalized spacial score (nSPS) is 9.93. The Bertz CT molecular complexity index is 474. The summed E-state index contributed by atoms with van der Waals surface area (Å²) in [6.45, 7) is 0. The van der Waals surface area contributed by atoms with E-state index in [-0.39, 0.29) is 17.4 Å². The molecular weight excluding hydrogens is 197 g/mol. The van der Waals surface area contributed by atoms with Gasteiger partial charge in [0.15, 0.2) is 11.5 Å². The highest BCUT2D eigenvalue weighted by molar-refractivity contribution is 5.40. The second kappa shape index (κ2) is 3.96. The number of pyridine rings is 1. The molecule has 0 aliphatic carbocycles. The summed E-state index contributed by atoms with van der Waals surface area (Å²) >= 11 is 0.